The number of aromatic nitrogens is 3. The fourth-order valence-electron chi connectivity index (χ4n) is 5.12. The molecule has 1 saturated carbocycles. The average Bonchev–Trinajstić information content (AvgIpc) is 3.35. The van der Waals surface area contributed by atoms with Crippen LogP contribution < -0.4 is 5.32 Å². The molecule has 1 aliphatic carbocycles. The Balaban J connectivity index is 1.37. The highest BCUT2D eigenvalue weighted by atomic mass is 35.5. The number of rotatable bonds is 7. The van der Waals surface area contributed by atoms with Crippen LogP contribution in [0.1, 0.15) is 82.8 Å². The first-order valence-electron chi connectivity index (χ1n) is 12.4. The summed E-state index contributed by atoms with van der Waals surface area (Å²) in [5.74, 6) is 0.588. The van der Waals surface area contributed by atoms with Gasteiger partial charge in [-0.2, -0.15) is 5.10 Å². The minimum absolute atomic E-state index is 0.169. The van der Waals surface area contributed by atoms with E-state index in [0.717, 1.165) is 25.0 Å². The molecule has 1 saturated heterocycles. The number of aryl methyl sites for hydroxylation is 2. The van der Waals surface area contributed by atoms with Gasteiger partial charge in [-0.1, -0.05) is 44.5 Å². The number of carbonyl (C=O) groups is 1. The molecule has 0 radical (unpaired) electrons. The smallest absolute Gasteiger partial charge is 0.256 e. The van der Waals surface area contributed by atoms with Crippen molar-refractivity contribution in [2.75, 3.05) is 19.6 Å². The minimum atomic E-state index is -0.169. The Labute approximate surface area is 202 Å². The lowest BCUT2D eigenvalue weighted by Crippen LogP contribution is -2.59. The van der Waals surface area contributed by atoms with Crippen molar-refractivity contribution in [2.45, 2.75) is 85.7 Å². The van der Waals surface area contributed by atoms with Gasteiger partial charge >= 0.3 is 0 Å². The molecule has 1 N–H and O–H groups in total. The molecule has 2 aromatic rings. The molecule has 182 valence electrons. The van der Waals surface area contributed by atoms with Crippen LogP contribution in [0.5, 0.6) is 0 Å². The van der Waals surface area contributed by atoms with Crippen molar-refractivity contribution in [1.82, 2.24) is 25.2 Å². The van der Waals surface area contributed by atoms with Crippen molar-refractivity contribution in [3.8, 4) is 11.4 Å². The van der Waals surface area contributed by atoms with Gasteiger partial charge in [0.1, 0.15) is 27.9 Å². The number of nitrogens with one attached hydrogen (secondary N) is 1. The lowest BCUT2D eigenvalue weighted by atomic mass is 9.67. The molecule has 2 aliphatic rings. The lowest BCUT2D eigenvalue weighted by Gasteiger charge is -2.54. The van der Waals surface area contributed by atoms with Crippen LogP contribution >= 0.6 is 11.6 Å². The third-order valence-corrected chi connectivity index (χ3v) is 7.63. The molecule has 7 nitrogen and oxygen atoms in total. The maximum Gasteiger partial charge on any atom is 0.256 e. The van der Waals surface area contributed by atoms with E-state index in [1.165, 1.54) is 38.9 Å². The number of halogens is 1. The summed E-state index contributed by atoms with van der Waals surface area (Å²) in [4.78, 5) is 15.9. The van der Waals surface area contributed by atoms with Crippen LogP contribution in [0.4, 0.5) is 0 Å². The third kappa shape index (κ3) is 5.29. The molecule has 1 amide bonds. The summed E-state index contributed by atoms with van der Waals surface area (Å²) in [5, 5.41) is 12.3. The van der Waals surface area contributed by atoms with Gasteiger partial charge in [0, 0.05) is 38.2 Å². The van der Waals surface area contributed by atoms with Crippen molar-refractivity contribution < 1.29 is 9.32 Å². The zero-order chi connectivity index (χ0) is 23.8. The first kappa shape index (κ1) is 24.3. The van der Waals surface area contributed by atoms with Crippen LogP contribution in [0, 0.1) is 10.8 Å². The summed E-state index contributed by atoms with van der Waals surface area (Å²) in [6.45, 7) is 15.1. The number of hydrogen-bond donors (Lipinski definition) is 1. The quantitative estimate of drug-likeness (QED) is 0.596. The number of hydrogen-bond acceptors (Lipinski definition) is 5. The van der Waals surface area contributed by atoms with E-state index in [9.17, 15) is 4.79 Å². The summed E-state index contributed by atoms with van der Waals surface area (Å²) in [6, 6.07) is 2.01. The molecule has 4 rings (SSSR count). The highest BCUT2D eigenvalue weighted by Gasteiger charge is 2.45. The Morgan fingerprint density at radius 2 is 1.97 bits per heavy atom. The molecule has 0 unspecified atom stereocenters. The van der Waals surface area contributed by atoms with Gasteiger partial charge in [0.25, 0.3) is 5.91 Å². The van der Waals surface area contributed by atoms with Crippen molar-refractivity contribution in [3.63, 3.8) is 0 Å². The van der Waals surface area contributed by atoms with Crippen LogP contribution in [0.3, 0.4) is 0 Å². The second-order valence-corrected chi connectivity index (χ2v) is 11.5. The first-order chi connectivity index (χ1) is 15.6. The Kier molecular flexibility index (Phi) is 6.92. The van der Waals surface area contributed by atoms with E-state index in [2.05, 4.69) is 41.2 Å². The third-order valence-electron chi connectivity index (χ3n) is 7.24. The maximum absolute atomic E-state index is 13.3. The fraction of sp³-hybridized carbons (Fsp3) is 0.720. The molecular weight excluding hydrogens is 438 g/mol. The van der Waals surface area contributed by atoms with Gasteiger partial charge in [-0.15, -0.1) is 0 Å². The van der Waals surface area contributed by atoms with Gasteiger partial charge in [0.05, 0.1) is 0 Å². The molecule has 0 bridgehead atoms. The van der Waals surface area contributed by atoms with Crippen molar-refractivity contribution >= 4 is 17.5 Å². The van der Waals surface area contributed by atoms with Gasteiger partial charge in [-0.3, -0.25) is 9.48 Å². The first-order valence-corrected chi connectivity index (χ1v) is 12.8. The van der Waals surface area contributed by atoms with Crippen LogP contribution in [0.15, 0.2) is 10.6 Å². The van der Waals surface area contributed by atoms with Crippen molar-refractivity contribution in [1.29, 1.82) is 0 Å². The minimum Gasteiger partial charge on any atom is -0.361 e. The van der Waals surface area contributed by atoms with Gasteiger partial charge < -0.3 is 14.7 Å². The molecule has 1 aliphatic heterocycles. The number of amides is 1. The topological polar surface area (TPSA) is 76.2 Å². The molecular formula is C25H38ClN5O2. The normalized spacial score (nSPS) is 19.1. The summed E-state index contributed by atoms with van der Waals surface area (Å²) in [6.07, 6.45) is 6.33. The summed E-state index contributed by atoms with van der Waals surface area (Å²) in [5.41, 5.74) is 2.28. The standard InChI is InChI=1S/C25H38ClN5O2/c1-6-18-14-19(29-33-18)21-20(22(26)31(7-2)28-21)23(32)27-17-8-10-25(11-9-17)15-30(16-25)13-12-24(3,4)5/h14,17H,6-13,15-16H2,1-5H3,(H,27,32). The molecule has 33 heavy (non-hydrogen) atoms. The molecule has 0 aromatic carbocycles. The van der Waals surface area contributed by atoms with Crippen LogP contribution in [0.25, 0.3) is 11.4 Å². The molecule has 3 heterocycles. The van der Waals surface area contributed by atoms with Gasteiger partial charge in [0.15, 0.2) is 0 Å². The van der Waals surface area contributed by atoms with E-state index in [-0.39, 0.29) is 11.9 Å². The molecule has 0 atom stereocenters. The van der Waals surface area contributed by atoms with E-state index in [1.807, 2.05) is 19.9 Å². The Morgan fingerprint density at radius 1 is 1.27 bits per heavy atom. The summed E-state index contributed by atoms with van der Waals surface area (Å²) in [7, 11) is 0. The Bertz CT molecular complexity index is 974. The van der Waals surface area contributed by atoms with Crippen molar-refractivity contribution in [2.24, 2.45) is 10.8 Å². The second-order valence-electron chi connectivity index (χ2n) is 11.1. The molecule has 2 aromatic heterocycles. The lowest BCUT2D eigenvalue weighted by molar-refractivity contribution is -0.0372. The predicted molar refractivity (Wildman–Crippen MR) is 130 cm³/mol. The Morgan fingerprint density at radius 3 is 2.55 bits per heavy atom. The van der Waals surface area contributed by atoms with Gasteiger partial charge in [-0.25, -0.2) is 0 Å². The predicted octanol–water partition coefficient (Wildman–Crippen LogP) is 5.18. The highest BCUT2D eigenvalue weighted by Crippen LogP contribution is 2.44. The van der Waals surface area contributed by atoms with E-state index in [4.69, 9.17) is 16.1 Å². The van der Waals surface area contributed by atoms with E-state index in [1.54, 1.807) is 4.68 Å². The Hall–Kier alpha value is -1.86. The van der Waals surface area contributed by atoms with Crippen LogP contribution in [-0.4, -0.2) is 51.4 Å². The summed E-state index contributed by atoms with van der Waals surface area (Å²) >= 11 is 6.56. The number of likely N-dealkylation sites (tertiary alicyclic amines) is 1. The van der Waals surface area contributed by atoms with E-state index in [0.29, 0.717) is 39.5 Å². The van der Waals surface area contributed by atoms with E-state index >= 15 is 0 Å². The monoisotopic (exact) mass is 475 g/mol. The van der Waals surface area contributed by atoms with E-state index < -0.39 is 0 Å². The largest absolute Gasteiger partial charge is 0.361 e. The van der Waals surface area contributed by atoms with Crippen molar-refractivity contribution in [3.05, 3.63) is 22.5 Å². The fourth-order valence-corrected chi connectivity index (χ4v) is 5.46. The SMILES string of the molecule is CCc1cc(-c2nn(CC)c(Cl)c2C(=O)NC2CCC3(CC2)CN(CCC(C)(C)C)C3)no1. The number of carbonyl (C=O) groups excluding carboxylic acids is 1. The highest BCUT2D eigenvalue weighted by molar-refractivity contribution is 6.33. The molecule has 8 heteroatoms. The van der Waals surface area contributed by atoms with Gasteiger partial charge in [0.2, 0.25) is 0 Å². The average molecular weight is 476 g/mol. The molecule has 2 fully saturated rings. The number of nitrogens with zero attached hydrogens (tertiary/aromatic N) is 4. The van der Waals surface area contributed by atoms with Crippen LogP contribution in [-0.2, 0) is 13.0 Å². The summed E-state index contributed by atoms with van der Waals surface area (Å²) < 4.78 is 6.99. The zero-order valence-corrected chi connectivity index (χ0v) is 21.5. The molecule has 1 spiro atoms. The maximum atomic E-state index is 13.3. The zero-order valence-electron chi connectivity index (χ0n) is 20.7. The van der Waals surface area contributed by atoms with Gasteiger partial charge in [-0.05, 0) is 56.4 Å². The second kappa shape index (κ2) is 9.41. The van der Waals surface area contributed by atoms with Crippen LogP contribution in [0.2, 0.25) is 5.15 Å².